The maximum absolute atomic E-state index is 12.5. The van der Waals surface area contributed by atoms with Crippen LogP contribution in [0.3, 0.4) is 0 Å². The van der Waals surface area contributed by atoms with Crippen LogP contribution >= 0.6 is 15.9 Å². The van der Waals surface area contributed by atoms with Crippen molar-refractivity contribution in [1.82, 2.24) is 9.38 Å². The standard InChI is InChI=1S/C12H8BrF3N2O3/c1-2-21-11(20)7-4-8-6(13)3-9(18(8)5-17-7)10(19)12(14,15)16/h3-5H,2H2,1H3. The average Bonchev–Trinajstić information content (AvgIpc) is 2.74. The van der Waals surface area contributed by atoms with Crippen LogP contribution in [0, 0.1) is 0 Å². The quantitative estimate of drug-likeness (QED) is 0.620. The lowest BCUT2D eigenvalue weighted by Crippen LogP contribution is -2.24. The van der Waals surface area contributed by atoms with Gasteiger partial charge in [0.25, 0.3) is 5.78 Å². The van der Waals surface area contributed by atoms with Gasteiger partial charge in [-0.25, -0.2) is 9.78 Å². The van der Waals surface area contributed by atoms with E-state index in [1.807, 2.05) is 0 Å². The zero-order valence-corrected chi connectivity index (χ0v) is 12.2. The average molecular weight is 365 g/mol. The van der Waals surface area contributed by atoms with Gasteiger partial charge < -0.3 is 4.74 Å². The van der Waals surface area contributed by atoms with Crippen LogP contribution in [0.5, 0.6) is 0 Å². The lowest BCUT2D eigenvalue weighted by Gasteiger charge is -2.06. The summed E-state index contributed by atoms with van der Waals surface area (Å²) in [6.07, 6.45) is -4.02. The van der Waals surface area contributed by atoms with Crippen molar-refractivity contribution in [1.29, 1.82) is 0 Å². The van der Waals surface area contributed by atoms with Crippen LogP contribution in [0.4, 0.5) is 13.2 Å². The molecule has 5 nitrogen and oxygen atoms in total. The molecule has 0 fully saturated rings. The Morgan fingerprint density at radius 2 is 2.05 bits per heavy atom. The van der Waals surface area contributed by atoms with Gasteiger partial charge in [0.2, 0.25) is 0 Å². The summed E-state index contributed by atoms with van der Waals surface area (Å²) in [5.74, 6) is -2.69. The second-order valence-corrected chi connectivity index (χ2v) is 4.81. The second-order valence-electron chi connectivity index (χ2n) is 3.95. The van der Waals surface area contributed by atoms with Crippen molar-refractivity contribution >= 4 is 33.2 Å². The zero-order valence-electron chi connectivity index (χ0n) is 10.6. The molecule has 0 aliphatic heterocycles. The number of aromatic nitrogens is 2. The SMILES string of the molecule is CCOC(=O)c1cc2c(Br)cc(C(=O)C(F)(F)F)n2cn1. The van der Waals surface area contributed by atoms with Gasteiger partial charge in [-0.15, -0.1) is 0 Å². The highest BCUT2D eigenvalue weighted by Crippen LogP contribution is 2.28. The van der Waals surface area contributed by atoms with Crippen LogP contribution in [0.15, 0.2) is 22.9 Å². The monoisotopic (exact) mass is 364 g/mol. The summed E-state index contributed by atoms with van der Waals surface area (Å²) in [5, 5.41) is 0. The lowest BCUT2D eigenvalue weighted by molar-refractivity contribution is -0.0888. The Bertz CT molecular complexity index is 724. The Morgan fingerprint density at radius 3 is 2.62 bits per heavy atom. The smallest absolute Gasteiger partial charge is 0.456 e. The molecule has 0 aliphatic carbocycles. The first kappa shape index (κ1) is 15.5. The van der Waals surface area contributed by atoms with Gasteiger partial charge in [0.1, 0.15) is 12.0 Å². The van der Waals surface area contributed by atoms with Crippen molar-refractivity contribution in [3.8, 4) is 0 Å². The molecule has 0 saturated heterocycles. The first-order chi connectivity index (χ1) is 9.75. The Labute approximate surface area is 124 Å². The van der Waals surface area contributed by atoms with Gasteiger partial charge in [-0.05, 0) is 35.0 Å². The third kappa shape index (κ3) is 2.92. The first-order valence-electron chi connectivity index (χ1n) is 5.71. The fourth-order valence-corrected chi connectivity index (χ4v) is 2.22. The van der Waals surface area contributed by atoms with Crippen LogP contribution in [-0.2, 0) is 4.74 Å². The highest BCUT2D eigenvalue weighted by atomic mass is 79.9. The molecule has 112 valence electrons. The predicted molar refractivity (Wildman–Crippen MR) is 69.2 cm³/mol. The molecule has 0 N–H and O–H groups in total. The summed E-state index contributed by atoms with van der Waals surface area (Å²) in [6.45, 7) is 1.76. The Hall–Kier alpha value is -1.90. The second kappa shape index (κ2) is 5.47. The fourth-order valence-electron chi connectivity index (χ4n) is 1.69. The highest BCUT2D eigenvalue weighted by molar-refractivity contribution is 9.10. The first-order valence-corrected chi connectivity index (χ1v) is 6.50. The largest absolute Gasteiger partial charge is 0.461 e. The maximum Gasteiger partial charge on any atom is 0.456 e. The summed E-state index contributed by atoms with van der Waals surface area (Å²) in [6, 6.07) is 2.27. The molecule has 0 amide bonds. The van der Waals surface area contributed by atoms with E-state index in [9.17, 15) is 22.8 Å². The molecule has 0 spiro atoms. The summed E-state index contributed by atoms with van der Waals surface area (Å²) < 4.78 is 43.5. The van der Waals surface area contributed by atoms with E-state index < -0.39 is 23.6 Å². The number of ether oxygens (including phenoxy) is 1. The van der Waals surface area contributed by atoms with Gasteiger partial charge >= 0.3 is 12.1 Å². The van der Waals surface area contributed by atoms with Gasteiger partial charge in [0, 0.05) is 4.47 Å². The molecule has 0 unspecified atom stereocenters. The molecule has 0 aromatic carbocycles. The molecule has 0 atom stereocenters. The number of ketones is 1. The third-order valence-corrected chi connectivity index (χ3v) is 3.22. The summed E-state index contributed by atoms with van der Waals surface area (Å²) in [5.41, 5.74) is -0.443. The van der Waals surface area contributed by atoms with Crippen LogP contribution in [-0.4, -0.2) is 33.9 Å². The fraction of sp³-hybridized carbons (Fsp3) is 0.250. The van der Waals surface area contributed by atoms with Crippen molar-refractivity contribution in [3.05, 3.63) is 34.3 Å². The molecule has 2 aromatic heterocycles. The summed E-state index contributed by atoms with van der Waals surface area (Å²) in [7, 11) is 0. The van der Waals surface area contributed by atoms with E-state index in [2.05, 4.69) is 20.9 Å². The number of hydrogen-bond acceptors (Lipinski definition) is 4. The number of carbonyl (C=O) groups excluding carboxylic acids is 2. The van der Waals surface area contributed by atoms with Crippen molar-refractivity contribution in [2.24, 2.45) is 0 Å². The zero-order chi connectivity index (χ0) is 15.8. The number of halogens is 4. The number of nitrogens with zero attached hydrogens (tertiary/aromatic N) is 2. The van der Waals surface area contributed by atoms with Crippen molar-refractivity contribution in [2.45, 2.75) is 13.1 Å². The Kier molecular flexibility index (Phi) is 4.04. The topological polar surface area (TPSA) is 60.7 Å². The molecule has 2 heterocycles. The molecule has 0 radical (unpaired) electrons. The Morgan fingerprint density at radius 1 is 1.38 bits per heavy atom. The normalized spacial score (nSPS) is 11.7. The minimum atomic E-state index is -4.99. The summed E-state index contributed by atoms with van der Waals surface area (Å²) >= 11 is 3.05. The van der Waals surface area contributed by atoms with Crippen molar-refractivity contribution in [2.75, 3.05) is 6.61 Å². The van der Waals surface area contributed by atoms with Gasteiger partial charge in [0.15, 0.2) is 5.69 Å². The Balaban J connectivity index is 2.54. The van der Waals surface area contributed by atoms with Gasteiger partial charge in [-0.3, -0.25) is 9.20 Å². The minimum absolute atomic E-state index is 0.0610. The van der Waals surface area contributed by atoms with Crippen LogP contribution in [0.2, 0.25) is 0 Å². The van der Waals surface area contributed by atoms with E-state index in [-0.39, 0.29) is 22.3 Å². The van der Waals surface area contributed by atoms with Crippen molar-refractivity contribution in [3.63, 3.8) is 0 Å². The van der Waals surface area contributed by atoms with Crippen LogP contribution in [0.1, 0.15) is 27.9 Å². The van der Waals surface area contributed by atoms with E-state index in [4.69, 9.17) is 4.74 Å². The molecular formula is C12H8BrF3N2O3. The predicted octanol–water partition coefficient (Wildman–Crippen LogP) is 3.02. The molecule has 21 heavy (non-hydrogen) atoms. The molecule has 0 aliphatic rings. The lowest BCUT2D eigenvalue weighted by atomic mass is 10.3. The number of Topliss-reactive ketones (excluding diaryl/α,β-unsaturated/α-hetero) is 1. The number of esters is 1. The van der Waals surface area contributed by atoms with E-state index in [0.717, 1.165) is 16.8 Å². The van der Waals surface area contributed by atoms with Crippen LogP contribution in [0.25, 0.3) is 5.52 Å². The van der Waals surface area contributed by atoms with Gasteiger partial charge in [0.05, 0.1) is 12.1 Å². The number of carbonyl (C=O) groups is 2. The van der Waals surface area contributed by atoms with Gasteiger partial charge in [-0.1, -0.05) is 0 Å². The molecule has 2 rings (SSSR count). The number of fused-ring (bicyclic) bond motifs is 1. The number of alkyl halides is 3. The maximum atomic E-state index is 12.5. The molecule has 0 bridgehead atoms. The van der Waals surface area contributed by atoms with E-state index >= 15 is 0 Å². The van der Waals surface area contributed by atoms with E-state index in [1.54, 1.807) is 6.92 Å². The highest BCUT2D eigenvalue weighted by Gasteiger charge is 2.41. The summed E-state index contributed by atoms with van der Waals surface area (Å²) in [4.78, 5) is 26.6. The number of rotatable bonds is 3. The van der Waals surface area contributed by atoms with E-state index in [1.165, 1.54) is 6.07 Å². The van der Waals surface area contributed by atoms with Gasteiger partial charge in [-0.2, -0.15) is 13.2 Å². The number of hydrogen-bond donors (Lipinski definition) is 0. The molecular weight excluding hydrogens is 357 g/mol. The minimum Gasteiger partial charge on any atom is -0.461 e. The third-order valence-electron chi connectivity index (χ3n) is 2.59. The molecule has 9 heteroatoms. The van der Waals surface area contributed by atoms with E-state index in [0.29, 0.717) is 0 Å². The van der Waals surface area contributed by atoms with Crippen LogP contribution < -0.4 is 0 Å². The molecule has 2 aromatic rings. The van der Waals surface area contributed by atoms with Crippen molar-refractivity contribution < 1.29 is 27.5 Å². The molecule has 0 saturated carbocycles.